The van der Waals surface area contributed by atoms with E-state index in [2.05, 4.69) is 22.1 Å². The van der Waals surface area contributed by atoms with Crippen molar-refractivity contribution >= 4 is 21.2 Å². The second-order valence-corrected chi connectivity index (χ2v) is 17.4. The van der Waals surface area contributed by atoms with E-state index >= 15 is 8.78 Å². The number of aromatic nitrogens is 3. The van der Waals surface area contributed by atoms with Gasteiger partial charge in [-0.15, -0.1) is 4.70 Å². The maximum Gasteiger partial charge on any atom is 0.435 e. The number of carbonyl (C=O) groups excluding carboxylic acids is 1. The minimum Gasteiger partial charge on any atom is -0.378 e. The van der Waals surface area contributed by atoms with Crippen molar-refractivity contribution in [2.75, 3.05) is 19.1 Å². The number of pyridine rings is 1. The molecule has 1 saturated carbocycles. The van der Waals surface area contributed by atoms with Crippen molar-refractivity contribution in [1.29, 1.82) is 0 Å². The molecule has 294 valence electrons. The van der Waals surface area contributed by atoms with Crippen LogP contribution in [0.1, 0.15) is 78.0 Å². The molecule has 1 aromatic carbocycles. The highest BCUT2D eigenvalue weighted by molar-refractivity contribution is 7.90. The third kappa shape index (κ3) is 7.73. The molecule has 1 unspecified atom stereocenters. The fourth-order valence-corrected chi connectivity index (χ4v) is 8.58. The Kier molecular flexibility index (Phi) is 9.55. The van der Waals surface area contributed by atoms with E-state index < -0.39 is 98.7 Å². The summed E-state index contributed by atoms with van der Waals surface area (Å²) in [7, 11) is -1.87. The molecule has 3 aliphatic carbocycles. The molecule has 0 saturated heterocycles. The number of azo groups is 2. The third-order valence-corrected chi connectivity index (χ3v) is 10.8. The zero-order chi connectivity index (χ0) is 40.7. The predicted octanol–water partition coefficient (Wildman–Crippen LogP) is 6.62. The number of hydrogen-bond donors (Lipinski definition) is 1. The molecule has 3 heterocycles. The van der Waals surface area contributed by atoms with Gasteiger partial charge >= 0.3 is 6.18 Å². The number of rotatable bonds is 10. The molecule has 4 atom stereocenters. The highest BCUT2D eigenvalue weighted by atomic mass is 32.2. The molecule has 0 bridgehead atoms. The van der Waals surface area contributed by atoms with Crippen LogP contribution in [0.15, 0.2) is 64.9 Å². The van der Waals surface area contributed by atoms with Crippen LogP contribution in [0.2, 0.25) is 0 Å². The van der Waals surface area contributed by atoms with E-state index in [4.69, 9.17) is 4.98 Å². The van der Waals surface area contributed by atoms with Crippen LogP contribution in [-0.4, -0.2) is 69.5 Å². The van der Waals surface area contributed by atoms with Crippen molar-refractivity contribution in [2.45, 2.75) is 75.2 Å². The average Bonchev–Trinajstić information content (AvgIpc) is 3.61. The number of benzene rings is 1. The van der Waals surface area contributed by atoms with E-state index in [-0.39, 0.29) is 35.5 Å². The van der Waals surface area contributed by atoms with Gasteiger partial charge in [-0.05, 0) is 79.5 Å². The first kappa shape index (κ1) is 39.3. The van der Waals surface area contributed by atoms with Gasteiger partial charge in [0.05, 0.1) is 17.0 Å². The van der Waals surface area contributed by atoms with Crippen molar-refractivity contribution in [3.63, 3.8) is 0 Å². The molecule has 9 nitrogen and oxygen atoms in total. The fourth-order valence-electron chi connectivity index (χ4n) is 7.86. The summed E-state index contributed by atoms with van der Waals surface area (Å²) < 4.78 is 128. The summed E-state index contributed by atoms with van der Waals surface area (Å²) in [5.41, 5.74) is -2.27. The van der Waals surface area contributed by atoms with Crippen LogP contribution >= 0.6 is 0 Å². The molecule has 4 aliphatic rings. The second-order valence-electron chi connectivity index (χ2n) is 15.2. The Hall–Kier alpha value is -4.95. The molecule has 1 fully saturated rings. The Balaban J connectivity index is 1.34. The molecule has 0 radical (unpaired) electrons. The molecule has 56 heavy (non-hydrogen) atoms. The van der Waals surface area contributed by atoms with Crippen molar-refractivity contribution in [2.24, 2.45) is 11.0 Å². The number of nitrogens with zero attached hydrogens (tertiary/aromatic N) is 5. The molecule has 3 aromatic rings. The Morgan fingerprint density at radius 2 is 1.84 bits per heavy atom. The number of aliphatic hydroxyl groups is 1. The number of carbonyl (C=O) groups is 1. The predicted molar refractivity (Wildman–Crippen MR) is 188 cm³/mol. The van der Waals surface area contributed by atoms with Gasteiger partial charge in [-0.1, -0.05) is 18.1 Å². The first-order valence-corrected chi connectivity index (χ1v) is 19.6. The highest BCUT2D eigenvalue weighted by Crippen LogP contribution is 2.68. The summed E-state index contributed by atoms with van der Waals surface area (Å²) in [5, 5.41) is 18.3. The van der Waals surface area contributed by atoms with Crippen molar-refractivity contribution in [3.8, 4) is 11.8 Å². The molecule has 17 heteroatoms. The quantitative estimate of drug-likeness (QED) is 0.140. The van der Waals surface area contributed by atoms with Gasteiger partial charge in [-0.2, -0.15) is 27.1 Å². The number of likely N-dealkylation sites (N-methyl/N-ethyl adjacent to an activating group) is 1. The number of fused-ring (bicyclic) bond motifs is 4. The van der Waals surface area contributed by atoms with Crippen LogP contribution in [0.5, 0.6) is 0 Å². The SMILES string of the molecule is C[N+]1=NC(CS(C)(=O)=O)=C2C=CC=C(c3ccc(C#CC(C)(C)O)nc3[C@@H](CC(=O)Cn3nc(C(F)(F)F)c4c3C(F)(F)[C@@H]3C[C@H]43)Cc3cc(F)cc(F)c3)C21. The van der Waals surface area contributed by atoms with Gasteiger partial charge in [-0.3, -0.25) is 9.48 Å². The molecule has 1 N–H and O–H groups in total. The largest absolute Gasteiger partial charge is 0.435 e. The first-order chi connectivity index (χ1) is 26.0. The third-order valence-electron chi connectivity index (χ3n) is 10.0. The number of allylic oxidation sites excluding steroid dienone is 2. The first-order valence-electron chi connectivity index (χ1n) is 17.5. The Morgan fingerprint density at radius 3 is 2.48 bits per heavy atom. The van der Waals surface area contributed by atoms with E-state index in [1.165, 1.54) is 13.8 Å². The fraction of sp³-hybridized carbons (Fsp3) is 0.410. The van der Waals surface area contributed by atoms with Gasteiger partial charge in [-0.25, -0.2) is 22.2 Å². The smallest absolute Gasteiger partial charge is 0.378 e. The van der Waals surface area contributed by atoms with Crippen molar-refractivity contribution in [1.82, 2.24) is 14.8 Å². The lowest BCUT2D eigenvalue weighted by Gasteiger charge is -2.24. The molecular weight excluding hydrogens is 768 g/mol. The molecule has 2 aromatic heterocycles. The highest BCUT2D eigenvalue weighted by Gasteiger charge is 2.68. The summed E-state index contributed by atoms with van der Waals surface area (Å²) in [4.78, 5) is 18.7. The maximum absolute atomic E-state index is 15.4. The lowest BCUT2D eigenvalue weighted by Crippen LogP contribution is -2.26. The van der Waals surface area contributed by atoms with Crippen LogP contribution in [0.25, 0.3) is 5.57 Å². The summed E-state index contributed by atoms with van der Waals surface area (Å²) in [6.45, 7) is 1.93. The number of sulfone groups is 1. The number of Topliss-reactive ketones (excluding diaryl/α,β-unsaturated/α-hetero) is 1. The Bertz CT molecular complexity index is 2460. The van der Waals surface area contributed by atoms with Crippen molar-refractivity contribution < 1.29 is 53.7 Å². The van der Waals surface area contributed by atoms with Crippen LogP contribution in [0.3, 0.4) is 0 Å². The normalized spacial score (nSPS) is 21.5. The monoisotopic (exact) mass is 802 g/mol. The minimum absolute atomic E-state index is 0.0912. The van der Waals surface area contributed by atoms with E-state index in [0.717, 1.165) is 18.4 Å². The topological polar surface area (TPSA) is 118 Å². The number of hydrogen-bond acceptors (Lipinski definition) is 7. The molecule has 1 aliphatic heterocycles. The average molecular weight is 803 g/mol. The zero-order valence-corrected chi connectivity index (χ0v) is 31.2. The summed E-state index contributed by atoms with van der Waals surface area (Å²) in [6.07, 6.45) is 0.220. The van der Waals surface area contributed by atoms with Gasteiger partial charge in [0, 0.05) is 47.3 Å². The summed E-state index contributed by atoms with van der Waals surface area (Å²) >= 11 is 0. The van der Waals surface area contributed by atoms with E-state index in [9.17, 15) is 40.3 Å². The molecular formula is C39H35F7N5O4S+. The van der Waals surface area contributed by atoms with Crippen molar-refractivity contribution in [3.05, 3.63) is 111 Å². The lowest BCUT2D eigenvalue weighted by molar-refractivity contribution is -0.570. The van der Waals surface area contributed by atoms with Gasteiger partial charge in [0.25, 0.3) is 5.92 Å². The van der Waals surface area contributed by atoms with E-state index in [1.807, 2.05) is 0 Å². The van der Waals surface area contributed by atoms with E-state index in [1.54, 1.807) is 42.1 Å². The van der Waals surface area contributed by atoms with Crippen LogP contribution in [0, 0.1) is 29.4 Å². The van der Waals surface area contributed by atoms with Crippen LogP contribution in [-0.2, 0) is 39.7 Å². The standard InChI is InChI=1S/C39H35F7N5O4S/c1-37(2,53)11-10-24-8-9-26(27-6-5-7-28-31(19-56(4,54)55)48-50(3)34(27)28)33(47-24)21(12-20-13-22(40)16-23(41)14-20)15-25(52)18-51-36-32(35(49-51)39(44,45)46)29-17-30(29)38(36,42)43/h5-9,13-14,16,21,29-30,34,53H,12,15,17-19H2,1-4H3/q+1/t21-,29+,30-,34?/m1/s1. The Morgan fingerprint density at radius 1 is 1.14 bits per heavy atom. The summed E-state index contributed by atoms with van der Waals surface area (Å²) in [6, 6.07) is 5.28. The number of halogens is 7. The zero-order valence-electron chi connectivity index (χ0n) is 30.4. The van der Waals surface area contributed by atoms with Gasteiger partial charge in [0.2, 0.25) is 6.04 Å². The molecule has 0 amide bonds. The summed E-state index contributed by atoms with van der Waals surface area (Å²) in [5.74, 6) is -4.64. The van der Waals surface area contributed by atoms with E-state index in [0.29, 0.717) is 33.2 Å². The van der Waals surface area contributed by atoms with Crippen LogP contribution < -0.4 is 0 Å². The number of ketones is 1. The second kappa shape index (κ2) is 13.6. The minimum atomic E-state index is -5.05. The van der Waals surface area contributed by atoms with Gasteiger partial charge < -0.3 is 5.11 Å². The Labute approximate surface area is 317 Å². The molecule has 7 rings (SSSR count). The van der Waals surface area contributed by atoms with Crippen LogP contribution in [0.4, 0.5) is 30.7 Å². The molecule has 0 spiro atoms. The van der Waals surface area contributed by atoms with Gasteiger partial charge in [0.15, 0.2) is 28.4 Å². The number of alkyl halides is 5. The van der Waals surface area contributed by atoms with Gasteiger partial charge in [0.1, 0.15) is 40.9 Å². The maximum atomic E-state index is 15.4. The lowest BCUT2D eigenvalue weighted by atomic mass is 9.82.